The molecule has 0 radical (unpaired) electrons. The number of aliphatic imine (C=N–C) groups is 1. The van der Waals surface area contributed by atoms with Crippen molar-refractivity contribution in [1.82, 2.24) is 5.32 Å². The molecule has 0 aliphatic carbocycles. The van der Waals surface area contributed by atoms with Crippen molar-refractivity contribution in [2.24, 2.45) is 4.99 Å². The Balaban J connectivity index is 1.76. The van der Waals surface area contributed by atoms with Gasteiger partial charge in [-0.05, 0) is 64.8 Å². The number of carbonyl (C=O) groups excluding carboxylic acids is 2. The molecule has 2 aromatic carbocycles. The van der Waals surface area contributed by atoms with Crippen LogP contribution in [0.3, 0.4) is 0 Å². The van der Waals surface area contributed by atoms with E-state index >= 15 is 0 Å². The van der Waals surface area contributed by atoms with Gasteiger partial charge in [0.25, 0.3) is 5.91 Å². The van der Waals surface area contributed by atoms with Crippen LogP contribution in [0.15, 0.2) is 35.3 Å². The van der Waals surface area contributed by atoms with Crippen molar-refractivity contribution in [3.8, 4) is 11.5 Å². The van der Waals surface area contributed by atoms with Crippen LogP contribution in [0.4, 0.5) is 0 Å². The zero-order chi connectivity index (χ0) is 24.7. The van der Waals surface area contributed by atoms with Crippen LogP contribution in [0.5, 0.6) is 11.5 Å². The van der Waals surface area contributed by atoms with Crippen LogP contribution in [0.2, 0.25) is 0 Å². The minimum Gasteiger partial charge on any atom is -0.493 e. The SMILES string of the molecule is CCOC(=O)CNC(=O)c1cccc(C2=NC(C)(C)Cc3cc(OC)c4c(c32)CC(C)(C)O4)c1. The third kappa shape index (κ3) is 4.65. The summed E-state index contributed by atoms with van der Waals surface area (Å²) in [6, 6.07) is 9.40. The maximum atomic E-state index is 12.7. The molecular weight excluding hydrogens is 432 g/mol. The predicted octanol–water partition coefficient (Wildman–Crippen LogP) is 3.87. The van der Waals surface area contributed by atoms with Crippen molar-refractivity contribution in [2.75, 3.05) is 20.3 Å². The van der Waals surface area contributed by atoms with Crippen molar-refractivity contribution < 1.29 is 23.8 Å². The number of hydrogen-bond acceptors (Lipinski definition) is 6. The first-order chi connectivity index (χ1) is 16.0. The molecule has 1 N–H and O–H groups in total. The van der Waals surface area contributed by atoms with Crippen molar-refractivity contribution in [3.63, 3.8) is 0 Å². The number of nitrogens with zero attached hydrogens (tertiary/aromatic N) is 1. The molecule has 7 heteroatoms. The molecule has 2 aromatic rings. The van der Waals surface area contributed by atoms with Crippen LogP contribution in [-0.4, -0.2) is 49.0 Å². The van der Waals surface area contributed by atoms with E-state index < -0.39 is 5.97 Å². The summed E-state index contributed by atoms with van der Waals surface area (Å²) in [5.74, 6) is 0.701. The molecule has 0 saturated heterocycles. The van der Waals surface area contributed by atoms with Gasteiger partial charge in [0.15, 0.2) is 11.5 Å². The number of carbonyl (C=O) groups is 2. The molecule has 2 aliphatic heterocycles. The summed E-state index contributed by atoms with van der Waals surface area (Å²) in [6.45, 7) is 10.2. The molecule has 0 spiro atoms. The van der Waals surface area contributed by atoms with E-state index in [-0.39, 0.29) is 30.2 Å². The normalized spacial score (nSPS) is 17.1. The van der Waals surface area contributed by atoms with Crippen molar-refractivity contribution >= 4 is 17.6 Å². The fourth-order valence-corrected chi connectivity index (χ4v) is 4.70. The highest BCUT2D eigenvalue weighted by Gasteiger charge is 2.39. The van der Waals surface area contributed by atoms with Gasteiger partial charge in [0, 0.05) is 28.7 Å². The van der Waals surface area contributed by atoms with E-state index in [9.17, 15) is 9.59 Å². The number of rotatable bonds is 6. The van der Waals surface area contributed by atoms with Gasteiger partial charge in [0.2, 0.25) is 0 Å². The Morgan fingerprint density at radius 2 is 1.91 bits per heavy atom. The maximum absolute atomic E-state index is 12.7. The standard InChI is InChI=1S/C27H32N2O5/c1-7-33-21(30)15-28-25(31)17-10-8-9-16(11-17)23-22-18(13-26(2,3)29-23)12-20(32-6)24-19(22)14-27(4,5)34-24/h8-12H,7,13-15H2,1-6H3,(H,28,31). The van der Waals surface area contributed by atoms with Crippen LogP contribution < -0.4 is 14.8 Å². The Morgan fingerprint density at radius 3 is 2.62 bits per heavy atom. The lowest BCUT2D eigenvalue weighted by Gasteiger charge is -2.31. The highest BCUT2D eigenvalue weighted by Crippen LogP contribution is 2.47. The number of esters is 1. The van der Waals surface area contributed by atoms with E-state index in [0.29, 0.717) is 5.56 Å². The van der Waals surface area contributed by atoms with Crippen LogP contribution in [-0.2, 0) is 22.4 Å². The topological polar surface area (TPSA) is 86.2 Å². The van der Waals surface area contributed by atoms with Gasteiger partial charge in [-0.3, -0.25) is 14.6 Å². The number of amides is 1. The number of nitrogens with one attached hydrogen (secondary N) is 1. The Labute approximate surface area is 200 Å². The predicted molar refractivity (Wildman–Crippen MR) is 130 cm³/mol. The smallest absolute Gasteiger partial charge is 0.325 e. The second kappa shape index (κ2) is 8.78. The second-order valence-corrected chi connectivity index (χ2v) is 9.98. The van der Waals surface area contributed by atoms with Gasteiger partial charge < -0.3 is 19.5 Å². The van der Waals surface area contributed by atoms with E-state index in [2.05, 4.69) is 39.1 Å². The fourth-order valence-electron chi connectivity index (χ4n) is 4.70. The molecule has 180 valence electrons. The third-order valence-corrected chi connectivity index (χ3v) is 6.00. The van der Waals surface area contributed by atoms with E-state index in [4.69, 9.17) is 19.2 Å². The molecular formula is C27H32N2O5. The zero-order valence-electron chi connectivity index (χ0n) is 20.7. The van der Waals surface area contributed by atoms with Crippen LogP contribution in [0.25, 0.3) is 0 Å². The number of methoxy groups -OCH3 is 1. The highest BCUT2D eigenvalue weighted by molar-refractivity contribution is 6.17. The van der Waals surface area contributed by atoms with Gasteiger partial charge in [-0.2, -0.15) is 0 Å². The Morgan fingerprint density at radius 1 is 1.15 bits per heavy atom. The average Bonchev–Trinajstić information content (AvgIpc) is 3.10. The molecule has 0 atom stereocenters. The molecule has 2 heterocycles. The molecule has 0 saturated carbocycles. The van der Waals surface area contributed by atoms with Crippen molar-refractivity contribution in [1.29, 1.82) is 0 Å². The van der Waals surface area contributed by atoms with Gasteiger partial charge in [0.05, 0.1) is 25.0 Å². The fraction of sp³-hybridized carbons (Fsp3) is 0.444. The summed E-state index contributed by atoms with van der Waals surface area (Å²) < 4.78 is 16.8. The summed E-state index contributed by atoms with van der Waals surface area (Å²) in [7, 11) is 1.66. The molecule has 0 aromatic heterocycles. The van der Waals surface area contributed by atoms with E-state index in [1.807, 2.05) is 18.2 Å². The van der Waals surface area contributed by atoms with Crippen LogP contribution >= 0.6 is 0 Å². The summed E-state index contributed by atoms with van der Waals surface area (Å²) in [5, 5.41) is 2.63. The summed E-state index contributed by atoms with van der Waals surface area (Å²) in [6.07, 6.45) is 1.51. The summed E-state index contributed by atoms with van der Waals surface area (Å²) in [4.78, 5) is 29.5. The number of fused-ring (bicyclic) bond motifs is 3. The number of ether oxygens (including phenoxy) is 3. The van der Waals surface area contributed by atoms with Crippen LogP contribution in [0, 0.1) is 0 Å². The molecule has 0 bridgehead atoms. The lowest BCUT2D eigenvalue weighted by atomic mass is 9.80. The van der Waals surface area contributed by atoms with Crippen molar-refractivity contribution in [3.05, 3.63) is 58.1 Å². The number of benzene rings is 2. The van der Waals surface area contributed by atoms with Gasteiger partial charge >= 0.3 is 5.97 Å². The van der Waals surface area contributed by atoms with Gasteiger partial charge in [-0.15, -0.1) is 0 Å². The Hall–Kier alpha value is -3.35. The average molecular weight is 465 g/mol. The summed E-state index contributed by atoms with van der Waals surface area (Å²) >= 11 is 0. The quantitative estimate of drug-likeness (QED) is 0.656. The molecule has 2 aliphatic rings. The molecule has 0 unspecified atom stereocenters. The lowest BCUT2D eigenvalue weighted by Crippen LogP contribution is -2.32. The Kier molecular flexibility index (Phi) is 6.14. The van der Waals surface area contributed by atoms with E-state index in [0.717, 1.165) is 52.3 Å². The minimum absolute atomic E-state index is 0.173. The lowest BCUT2D eigenvalue weighted by molar-refractivity contribution is -0.141. The molecule has 7 nitrogen and oxygen atoms in total. The largest absolute Gasteiger partial charge is 0.493 e. The molecule has 0 fully saturated rings. The van der Waals surface area contributed by atoms with E-state index in [1.54, 1.807) is 20.1 Å². The van der Waals surface area contributed by atoms with Gasteiger partial charge in [-0.25, -0.2) is 0 Å². The van der Waals surface area contributed by atoms with E-state index in [1.165, 1.54) is 0 Å². The first-order valence-electron chi connectivity index (χ1n) is 11.6. The third-order valence-electron chi connectivity index (χ3n) is 6.00. The van der Waals surface area contributed by atoms with Crippen LogP contribution in [0.1, 0.15) is 67.2 Å². The number of hydrogen-bond donors (Lipinski definition) is 1. The zero-order valence-corrected chi connectivity index (χ0v) is 20.7. The maximum Gasteiger partial charge on any atom is 0.325 e. The minimum atomic E-state index is -0.466. The van der Waals surface area contributed by atoms with Gasteiger partial charge in [-0.1, -0.05) is 12.1 Å². The van der Waals surface area contributed by atoms with Gasteiger partial charge in [0.1, 0.15) is 12.1 Å². The molecule has 34 heavy (non-hydrogen) atoms. The molecule has 4 rings (SSSR count). The first kappa shape index (κ1) is 23.8. The first-order valence-corrected chi connectivity index (χ1v) is 11.6. The highest BCUT2D eigenvalue weighted by atomic mass is 16.5. The summed E-state index contributed by atoms with van der Waals surface area (Å²) in [5.41, 5.74) is 4.77. The van der Waals surface area contributed by atoms with Crippen molar-refractivity contribution in [2.45, 2.75) is 58.6 Å². The molecule has 1 amide bonds. The Bertz CT molecular complexity index is 1180. The second-order valence-electron chi connectivity index (χ2n) is 9.98. The monoisotopic (exact) mass is 464 g/mol.